The molecule has 1 N–H and O–H groups in total. The third kappa shape index (κ3) is 5.73. The van der Waals surface area contributed by atoms with Gasteiger partial charge in [0.05, 0.1) is 25.4 Å². The van der Waals surface area contributed by atoms with E-state index in [4.69, 9.17) is 9.47 Å². The molecule has 2 aromatic carbocycles. The first kappa shape index (κ1) is 24.1. The van der Waals surface area contributed by atoms with Gasteiger partial charge in [-0.25, -0.2) is 4.79 Å². The smallest absolute Gasteiger partial charge is 0.341 e. The van der Waals surface area contributed by atoms with Crippen molar-refractivity contribution in [2.45, 2.75) is 33.0 Å². The molecule has 1 fully saturated rings. The van der Waals surface area contributed by atoms with Crippen molar-refractivity contribution < 1.29 is 19.1 Å². The SMILES string of the molecule is CCOC(=O)c1c(-c2ccc(-c3ccccc3)cc2)csc1NC(=O)CN1C[C@H](C)O[C@@H](C)C1. The number of hydrogen-bond donors (Lipinski definition) is 1. The molecule has 4 rings (SSSR count). The van der Waals surface area contributed by atoms with Crippen molar-refractivity contribution in [2.24, 2.45) is 0 Å². The van der Waals surface area contributed by atoms with Crippen LogP contribution in [0.25, 0.3) is 22.3 Å². The van der Waals surface area contributed by atoms with Crippen LogP contribution in [0.2, 0.25) is 0 Å². The first-order valence-electron chi connectivity index (χ1n) is 11.6. The summed E-state index contributed by atoms with van der Waals surface area (Å²) in [6.07, 6.45) is 0.165. The lowest BCUT2D eigenvalue weighted by Crippen LogP contribution is -2.48. The van der Waals surface area contributed by atoms with Crippen LogP contribution >= 0.6 is 11.3 Å². The van der Waals surface area contributed by atoms with E-state index >= 15 is 0 Å². The Labute approximate surface area is 204 Å². The second-order valence-corrected chi connectivity index (χ2v) is 9.40. The molecule has 0 saturated carbocycles. The Morgan fingerprint density at radius 2 is 1.62 bits per heavy atom. The maximum atomic E-state index is 12.9. The predicted molar refractivity (Wildman–Crippen MR) is 136 cm³/mol. The summed E-state index contributed by atoms with van der Waals surface area (Å²) in [5, 5.41) is 5.37. The van der Waals surface area contributed by atoms with Crippen LogP contribution in [0, 0.1) is 0 Å². The van der Waals surface area contributed by atoms with E-state index in [1.807, 2.05) is 61.7 Å². The van der Waals surface area contributed by atoms with Crippen LogP contribution in [0.5, 0.6) is 0 Å². The number of carbonyl (C=O) groups is 2. The topological polar surface area (TPSA) is 67.9 Å². The molecule has 2 atom stereocenters. The number of benzene rings is 2. The summed E-state index contributed by atoms with van der Waals surface area (Å²) in [6, 6.07) is 18.2. The molecule has 1 aliphatic rings. The molecule has 0 radical (unpaired) electrons. The van der Waals surface area contributed by atoms with Gasteiger partial charge in [0.15, 0.2) is 0 Å². The molecular formula is C27H30N2O4S. The number of nitrogens with zero attached hydrogens (tertiary/aromatic N) is 1. The summed E-state index contributed by atoms with van der Waals surface area (Å²) in [5.41, 5.74) is 4.28. The van der Waals surface area contributed by atoms with E-state index < -0.39 is 5.97 Å². The maximum absolute atomic E-state index is 12.9. The molecule has 2 heterocycles. The van der Waals surface area contributed by atoms with E-state index in [0.717, 1.165) is 22.3 Å². The van der Waals surface area contributed by atoms with E-state index in [1.54, 1.807) is 6.92 Å². The van der Waals surface area contributed by atoms with Gasteiger partial charge in [-0.2, -0.15) is 0 Å². The monoisotopic (exact) mass is 478 g/mol. The molecule has 0 spiro atoms. The Balaban J connectivity index is 1.55. The summed E-state index contributed by atoms with van der Waals surface area (Å²) in [7, 11) is 0. The summed E-state index contributed by atoms with van der Waals surface area (Å²) >= 11 is 1.34. The summed E-state index contributed by atoms with van der Waals surface area (Å²) in [4.78, 5) is 27.8. The van der Waals surface area contributed by atoms with Crippen LogP contribution in [0.15, 0.2) is 60.0 Å². The molecule has 7 heteroatoms. The summed E-state index contributed by atoms with van der Waals surface area (Å²) in [6.45, 7) is 7.70. The highest BCUT2D eigenvalue weighted by molar-refractivity contribution is 7.15. The molecule has 1 aliphatic heterocycles. The minimum atomic E-state index is -0.435. The first-order valence-corrected chi connectivity index (χ1v) is 12.4. The lowest BCUT2D eigenvalue weighted by atomic mass is 9.99. The fourth-order valence-electron chi connectivity index (χ4n) is 4.32. The van der Waals surface area contributed by atoms with E-state index in [2.05, 4.69) is 22.3 Å². The number of morpholine rings is 1. The van der Waals surface area contributed by atoms with Gasteiger partial charge in [-0.3, -0.25) is 9.69 Å². The van der Waals surface area contributed by atoms with Crippen LogP contribution in [-0.2, 0) is 14.3 Å². The molecule has 0 bridgehead atoms. The lowest BCUT2D eigenvalue weighted by Gasteiger charge is -2.34. The maximum Gasteiger partial charge on any atom is 0.341 e. The molecule has 1 amide bonds. The average molecular weight is 479 g/mol. The minimum absolute atomic E-state index is 0.0823. The number of anilines is 1. The Hall–Kier alpha value is -3.00. The number of esters is 1. The highest BCUT2D eigenvalue weighted by atomic mass is 32.1. The van der Waals surface area contributed by atoms with Gasteiger partial charge in [-0.05, 0) is 37.5 Å². The Morgan fingerprint density at radius 1 is 1.00 bits per heavy atom. The van der Waals surface area contributed by atoms with Crippen LogP contribution < -0.4 is 5.32 Å². The van der Waals surface area contributed by atoms with E-state index in [-0.39, 0.29) is 31.3 Å². The zero-order valence-corrected chi connectivity index (χ0v) is 20.6. The van der Waals surface area contributed by atoms with Crippen molar-refractivity contribution in [1.82, 2.24) is 4.90 Å². The molecule has 1 saturated heterocycles. The number of amides is 1. The molecule has 6 nitrogen and oxygen atoms in total. The second kappa shape index (κ2) is 11.0. The van der Waals surface area contributed by atoms with Crippen molar-refractivity contribution in [3.63, 3.8) is 0 Å². The fraction of sp³-hybridized carbons (Fsp3) is 0.333. The fourth-order valence-corrected chi connectivity index (χ4v) is 5.30. The number of ether oxygens (including phenoxy) is 2. The van der Waals surface area contributed by atoms with E-state index in [9.17, 15) is 9.59 Å². The van der Waals surface area contributed by atoms with Gasteiger partial charge in [0.2, 0.25) is 5.91 Å². The Morgan fingerprint density at radius 3 is 2.26 bits per heavy atom. The van der Waals surface area contributed by atoms with Gasteiger partial charge in [0.25, 0.3) is 0 Å². The van der Waals surface area contributed by atoms with Gasteiger partial charge in [0.1, 0.15) is 10.6 Å². The predicted octanol–water partition coefficient (Wildman–Crippen LogP) is 5.31. The number of hydrogen-bond acceptors (Lipinski definition) is 6. The van der Waals surface area contributed by atoms with Crippen molar-refractivity contribution in [3.05, 3.63) is 65.5 Å². The van der Waals surface area contributed by atoms with Gasteiger partial charge in [-0.15, -0.1) is 11.3 Å². The lowest BCUT2D eigenvalue weighted by molar-refractivity contribution is -0.121. The minimum Gasteiger partial charge on any atom is -0.462 e. The van der Waals surface area contributed by atoms with Crippen LogP contribution in [0.1, 0.15) is 31.1 Å². The standard InChI is InChI=1S/C27H30N2O4S/c1-4-32-27(31)25-23(22-12-10-21(11-13-22)20-8-6-5-7-9-20)17-34-26(25)28-24(30)16-29-14-18(2)33-19(3)15-29/h5-13,17-19H,4,14-16H2,1-3H3,(H,28,30)/t18-,19-/m0/s1. The van der Waals surface area contributed by atoms with Crippen molar-refractivity contribution >= 4 is 28.2 Å². The zero-order valence-electron chi connectivity index (χ0n) is 19.7. The highest BCUT2D eigenvalue weighted by Gasteiger charge is 2.26. The average Bonchev–Trinajstić information content (AvgIpc) is 3.22. The molecule has 0 aliphatic carbocycles. The molecule has 3 aromatic rings. The molecular weight excluding hydrogens is 448 g/mol. The third-order valence-corrected chi connectivity index (χ3v) is 6.58. The molecule has 1 aromatic heterocycles. The van der Waals surface area contributed by atoms with Gasteiger partial charge in [-0.1, -0.05) is 54.6 Å². The van der Waals surface area contributed by atoms with Crippen molar-refractivity contribution in [2.75, 3.05) is 31.6 Å². The number of rotatable bonds is 7. The number of carbonyl (C=O) groups excluding carboxylic acids is 2. The second-order valence-electron chi connectivity index (χ2n) is 8.52. The summed E-state index contributed by atoms with van der Waals surface area (Å²) in [5.74, 6) is -0.588. The zero-order chi connectivity index (χ0) is 24.1. The van der Waals surface area contributed by atoms with Gasteiger partial charge in [0, 0.05) is 24.0 Å². The van der Waals surface area contributed by atoms with Gasteiger partial charge >= 0.3 is 5.97 Å². The first-order chi connectivity index (χ1) is 16.4. The molecule has 34 heavy (non-hydrogen) atoms. The van der Waals surface area contributed by atoms with Crippen LogP contribution in [0.4, 0.5) is 5.00 Å². The van der Waals surface area contributed by atoms with E-state index in [1.165, 1.54) is 11.3 Å². The number of thiophene rings is 1. The molecule has 178 valence electrons. The van der Waals surface area contributed by atoms with E-state index in [0.29, 0.717) is 23.7 Å². The van der Waals surface area contributed by atoms with Crippen LogP contribution in [-0.4, -0.2) is 55.2 Å². The highest BCUT2D eigenvalue weighted by Crippen LogP contribution is 2.37. The van der Waals surface area contributed by atoms with Crippen molar-refractivity contribution in [1.29, 1.82) is 0 Å². The van der Waals surface area contributed by atoms with Crippen LogP contribution in [0.3, 0.4) is 0 Å². The summed E-state index contributed by atoms with van der Waals surface area (Å²) < 4.78 is 11.1. The third-order valence-electron chi connectivity index (χ3n) is 5.69. The number of nitrogens with one attached hydrogen (secondary N) is 1. The quantitative estimate of drug-likeness (QED) is 0.467. The van der Waals surface area contributed by atoms with Crippen molar-refractivity contribution in [3.8, 4) is 22.3 Å². The normalized spacial score (nSPS) is 18.4. The van der Waals surface area contributed by atoms with Gasteiger partial charge < -0.3 is 14.8 Å². The largest absolute Gasteiger partial charge is 0.462 e. The Bertz CT molecular complexity index is 1120. The molecule has 0 unspecified atom stereocenters. The Kier molecular flexibility index (Phi) is 7.77.